The van der Waals surface area contributed by atoms with Crippen LogP contribution in [0.1, 0.15) is 38.2 Å². The van der Waals surface area contributed by atoms with Crippen molar-refractivity contribution in [3.8, 4) is 11.5 Å². The van der Waals surface area contributed by atoms with Crippen LogP contribution in [0.25, 0.3) is 0 Å². The number of anilines is 1. The molecule has 1 aliphatic carbocycles. The Morgan fingerprint density at radius 3 is 2.57 bits per heavy atom. The highest BCUT2D eigenvalue weighted by Gasteiger charge is 2.36. The lowest BCUT2D eigenvalue weighted by Gasteiger charge is -2.45. The Bertz CT molecular complexity index is 962. The number of ether oxygens (including phenoxy) is 2. The Morgan fingerprint density at radius 1 is 1.14 bits per heavy atom. The number of rotatable bonds is 10. The average molecular weight is 482 g/mol. The lowest BCUT2D eigenvalue weighted by atomic mass is 9.94. The average Bonchev–Trinajstić information content (AvgIpc) is 3.38. The third-order valence-corrected chi connectivity index (χ3v) is 7.41. The maximum atomic E-state index is 11.3. The highest BCUT2D eigenvalue weighted by molar-refractivity contribution is 5.59. The van der Waals surface area contributed by atoms with Crippen molar-refractivity contribution < 1.29 is 19.4 Å². The Morgan fingerprint density at radius 2 is 1.89 bits per heavy atom. The number of nitrogens with two attached hydrogens (primary N) is 1. The zero-order valence-corrected chi connectivity index (χ0v) is 20.9. The van der Waals surface area contributed by atoms with E-state index in [-0.39, 0.29) is 12.1 Å². The van der Waals surface area contributed by atoms with Crippen molar-refractivity contribution in [1.82, 2.24) is 4.90 Å². The first-order valence-corrected chi connectivity index (χ1v) is 12.7. The lowest BCUT2D eigenvalue weighted by Crippen LogP contribution is -2.61. The Balaban J connectivity index is 1.54. The van der Waals surface area contributed by atoms with E-state index in [1.54, 1.807) is 14.0 Å². The summed E-state index contributed by atoms with van der Waals surface area (Å²) in [6.07, 6.45) is 6.34. The van der Waals surface area contributed by atoms with E-state index in [9.17, 15) is 9.90 Å². The van der Waals surface area contributed by atoms with Crippen molar-refractivity contribution >= 4 is 12.0 Å². The van der Waals surface area contributed by atoms with Crippen molar-refractivity contribution in [3.05, 3.63) is 54.1 Å². The molecule has 1 saturated heterocycles. The molecule has 35 heavy (non-hydrogen) atoms. The topological polar surface area (TPSA) is 88.3 Å². The first-order valence-electron chi connectivity index (χ1n) is 12.7. The summed E-state index contributed by atoms with van der Waals surface area (Å²) >= 11 is 0. The van der Waals surface area contributed by atoms with Crippen LogP contribution in [0.5, 0.6) is 11.5 Å². The lowest BCUT2D eigenvalue weighted by molar-refractivity contribution is -0.115. The monoisotopic (exact) mass is 481 g/mol. The zero-order chi connectivity index (χ0) is 24.8. The molecule has 0 radical (unpaired) electrons. The minimum Gasteiger partial charge on any atom is -0.493 e. The standard InChI is InChI=1S/C28H39N3O4/c1-28(33,27(29)19-32)20-31-15-14-30(18-23(31)16-21-8-4-3-5-9-21)22-12-13-25(34-2)26(17-22)35-24-10-6-7-11-24/h3-5,8-9,12-13,17,19,23-24,27,33H,6-7,10-11,14-16,18,20,29H2,1-2H3/t23-,27?,28?/m0/s1. The molecule has 0 amide bonds. The van der Waals surface area contributed by atoms with Gasteiger partial charge in [0.2, 0.25) is 0 Å². The Hall–Kier alpha value is -2.61. The number of benzene rings is 2. The molecular weight excluding hydrogens is 442 g/mol. The van der Waals surface area contributed by atoms with E-state index in [4.69, 9.17) is 15.2 Å². The number of piperazine rings is 1. The predicted octanol–water partition coefficient (Wildman–Crippen LogP) is 3.03. The van der Waals surface area contributed by atoms with Gasteiger partial charge in [-0.25, -0.2) is 0 Å². The fourth-order valence-corrected chi connectivity index (χ4v) is 5.22. The van der Waals surface area contributed by atoms with E-state index in [2.05, 4.69) is 46.2 Å². The van der Waals surface area contributed by atoms with E-state index < -0.39 is 11.6 Å². The van der Waals surface area contributed by atoms with Gasteiger partial charge in [0.25, 0.3) is 0 Å². The second kappa shape index (κ2) is 11.4. The Labute approximate surface area is 208 Å². The number of nitrogens with zero attached hydrogens (tertiary/aromatic N) is 2. The summed E-state index contributed by atoms with van der Waals surface area (Å²) in [6, 6.07) is 15.8. The summed E-state index contributed by atoms with van der Waals surface area (Å²) < 4.78 is 11.9. The van der Waals surface area contributed by atoms with Gasteiger partial charge in [-0.1, -0.05) is 30.3 Å². The van der Waals surface area contributed by atoms with Crippen LogP contribution in [0.2, 0.25) is 0 Å². The first kappa shape index (κ1) is 25.5. The van der Waals surface area contributed by atoms with Gasteiger partial charge in [-0.3, -0.25) is 4.90 Å². The Kier molecular flexibility index (Phi) is 8.31. The number of hydrogen-bond donors (Lipinski definition) is 2. The van der Waals surface area contributed by atoms with Crippen molar-refractivity contribution in [3.63, 3.8) is 0 Å². The van der Waals surface area contributed by atoms with Crippen LogP contribution < -0.4 is 20.1 Å². The molecule has 3 N–H and O–H groups in total. The third-order valence-electron chi connectivity index (χ3n) is 7.41. The largest absolute Gasteiger partial charge is 0.493 e. The van der Waals surface area contributed by atoms with Crippen LogP contribution in [-0.4, -0.2) is 73.4 Å². The molecule has 2 fully saturated rings. The van der Waals surface area contributed by atoms with Crippen LogP contribution in [0.15, 0.2) is 48.5 Å². The maximum Gasteiger partial charge on any atom is 0.163 e. The predicted molar refractivity (Wildman–Crippen MR) is 138 cm³/mol. The number of aliphatic hydroxyl groups is 1. The number of carbonyl (C=O) groups is 1. The summed E-state index contributed by atoms with van der Waals surface area (Å²) in [7, 11) is 1.68. The van der Waals surface area contributed by atoms with Crippen molar-refractivity contribution in [2.24, 2.45) is 5.73 Å². The molecule has 2 aromatic rings. The van der Waals surface area contributed by atoms with Crippen LogP contribution in [0.3, 0.4) is 0 Å². The van der Waals surface area contributed by atoms with E-state index in [1.807, 2.05) is 12.1 Å². The van der Waals surface area contributed by atoms with E-state index >= 15 is 0 Å². The molecule has 2 aromatic carbocycles. The summed E-state index contributed by atoms with van der Waals surface area (Å²) in [5.41, 5.74) is 6.97. The number of carbonyl (C=O) groups excluding carboxylic acids is 1. The number of β-amino-alcohol motifs (C(OH)–C–C–N with tert-alkyl or cyclic N) is 1. The fraction of sp³-hybridized carbons (Fsp3) is 0.536. The SMILES string of the molecule is COc1ccc(N2CCN(CC(C)(O)C(N)C=O)[C@@H](Cc3ccccc3)C2)cc1OC1CCCC1. The number of hydrogen-bond acceptors (Lipinski definition) is 7. The van der Waals surface area contributed by atoms with Crippen molar-refractivity contribution in [1.29, 1.82) is 0 Å². The van der Waals surface area contributed by atoms with Gasteiger partial charge in [0.15, 0.2) is 11.5 Å². The molecule has 7 heteroatoms. The molecule has 3 atom stereocenters. The third kappa shape index (κ3) is 6.34. The van der Waals surface area contributed by atoms with Gasteiger partial charge in [0, 0.05) is 44.0 Å². The fourth-order valence-electron chi connectivity index (χ4n) is 5.22. The van der Waals surface area contributed by atoms with E-state index in [0.717, 1.165) is 56.1 Å². The molecule has 4 rings (SSSR count). The molecule has 1 heterocycles. The molecule has 0 aromatic heterocycles. The number of aldehydes is 1. The molecule has 0 bridgehead atoms. The normalized spacial score (nSPS) is 21.9. The van der Waals surface area contributed by atoms with Gasteiger partial charge in [-0.15, -0.1) is 0 Å². The summed E-state index contributed by atoms with van der Waals surface area (Å²) in [5.74, 6) is 1.57. The molecule has 190 valence electrons. The van der Waals surface area contributed by atoms with Gasteiger partial charge >= 0.3 is 0 Å². The highest BCUT2D eigenvalue weighted by Crippen LogP contribution is 2.36. The molecular formula is C28H39N3O4. The molecule has 1 aliphatic heterocycles. The maximum absolute atomic E-state index is 11.3. The summed E-state index contributed by atoms with van der Waals surface area (Å²) in [6.45, 7) is 4.33. The smallest absolute Gasteiger partial charge is 0.163 e. The van der Waals surface area contributed by atoms with Gasteiger partial charge in [-0.2, -0.15) is 0 Å². The summed E-state index contributed by atoms with van der Waals surface area (Å²) in [4.78, 5) is 15.9. The molecule has 2 unspecified atom stereocenters. The molecule has 2 aliphatic rings. The van der Waals surface area contributed by atoms with Crippen molar-refractivity contribution in [2.45, 2.75) is 62.8 Å². The highest BCUT2D eigenvalue weighted by atomic mass is 16.5. The summed E-state index contributed by atoms with van der Waals surface area (Å²) in [5, 5.41) is 10.9. The van der Waals surface area contributed by atoms with Crippen LogP contribution in [0, 0.1) is 0 Å². The van der Waals surface area contributed by atoms with Crippen LogP contribution in [0.4, 0.5) is 5.69 Å². The van der Waals surface area contributed by atoms with Crippen LogP contribution in [-0.2, 0) is 11.2 Å². The molecule has 1 saturated carbocycles. The quantitative estimate of drug-likeness (QED) is 0.504. The number of methoxy groups -OCH3 is 1. The van der Waals surface area contributed by atoms with Gasteiger partial charge in [0.1, 0.15) is 6.29 Å². The van der Waals surface area contributed by atoms with Gasteiger partial charge in [-0.05, 0) is 56.7 Å². The second-order valence-electron chi connectivity index (χ2n) is 10.1. The second-order valence-corrected chi connectivity index (χ2v) is 10.1. The van der Waals surface area contributed by atoms with Crippen molar-refractivity contribution in [2.75, 3.05) is 38.2 Å². The molecule has 0 spiro atoms. The zero-order valence-electron chi connectivity index (χ0n) is 20.9. The first-order chi connectivity index (χ1) is 16.9. The minimum atomic E-state index is -1.29. The van der Waals surface area contributed by atoms with Gasteiger partial charge < -0.3 is 30.0 Å². The molecule has 7 nitrogen and oxygen atoms in total. The van der Waals surface area contributed by atoms with E-state index in [1.165, 1.54) is 18.4 Å². The van der Waals surface area contributed by atoms with Gasteiger partial charge in [0.05, 0.1) is 24.9 Å². The minimum absolute atomic E-state index is 0.151. The van der Waals surface area contributed by atoms with Crippen LogP contribution >= 0.6 is 0 Å². The van der Waals surface area contributed by atoms with E-state index in [0.29, 0.717) is 12.8 Å².